The fourth-order valence-corrected chi connectivity index (χ4v) is 6.39. The van der Waals surface area contributed by atoms with Crippen LogP contribution in [0.2, 0.25) is 0 Å². The molecule has 0 spiro atoms. The first kappa shape index (κ1) is 19.8. The van der Waals surface area contributed by atoms with E-state index in [2.05, 4.69) is 40.7 Å². The largest absolute Gasteiger partial charge is 0.325 e. The molecule has 5 rings (SSSR count). The van der Waals surface area contributed by atoms with E-state index >= 15 is 0 Å². The molecule has 0 saturated carbocycles. The Morgan fingerprint density at radius 3 is 2.37 bits per heavy atom. The lowest BCUT2D eigenvalue weighted by atomic mass is 9.78. The topological polar surface area (TPSA) is 52.7 Å². The summed E-state index contributed by atoms with van der Waals surface area (Å²) in [7, 11) is 0. The summed E-state index contributed by atoms with van der Waals surface area (Å²) in [5.41, 5.74) is 3.10. The van der Waals surface area contributed by atoms with Gasteiger partial charge >= 0.3 is 6.03 Å². The Morgan fingerprint density at radius 1 is 1.10 bits per heavy atom. The molecule has 3 heterocycles. The van der Waals surface area contributed by atoms with Gasteiger partial charge in [0.05, 0.1) is 0 Å². The molecule has 1 unspecified atom stereocenters. The van der Waals surface area contributed by atoms with Gasteiger partial charge in [0.25, 0.3) is 5.91 Å². The molecule has 30 heavy (non-hydrogen) atoms. The lowest BCUT2D eigenvalue weighted by molar-refractivity contribution is -0.134. The van der Waals surface area contributed by atoms with Gasteiger partial charge in [-0.3, -0.25) is 14.6 Å². The van der Waals surface area contributed by atoms with Crippen LogP contribution in [0.25, 0.3) is 0 Å². The molecule has 1 aromatic heterocycles. The number of carbonyl (C=O) groups excluding carboxylic acids is 2. The smallest absolute Gasteiger partial charge is 0.323 e. The van der Waals surface area contributed by atoms with Crippen LogP contribution in [-0.4, -0.2) is 46.4 Å². The van der Waals surface area contributed by atoms with Crippen LogP contribution in [0, 0.1) is 12.8 Å². The first-order valence-corrected chi connectivity index (χ1v) is 11.8. The van der Waals surface area contributed by atoms with Gasteiger partial charge < -0.3 is 5.32 Å². The van der Waals surface area contributed by atoms with E-state index in [9.17, 15) is 9.59 Å². The standard InChI is InChI=1S/C24H29N3O2S/c1-16-9-12-30-21(16)15-26-10-7-19(8-11-26)24(2)22(28)27(23(29)25-24)20-13-17-5-3-4-6-18(17)14-20/h3-6,9,12,19-20H,7-8,10-11,13-15H2,1-2H3,(H,25,29). The summed E-state index contributed by atoms with van der Waals surface area (Å²) in [5.74, 6) is 0.154. The van der Waals surface area contributed by atoms with Gasteiger partial charge in [-0.05, 0) is 86.7 Å². The van der Waals surface area contributed by atoms with Crippen LogP contribution in [0.4, 0.5) is 4.79 Å². The number of piperidine rings is 1. The van der Waals surface area contributed by atoms with Gasteiger partial charge in [-0.2, -0.15) is 0 Å². The molecule has 3 aliphatic rings. The van der Waals surface area contributed by atoms with Gasteiger partial charge in [-0.1, -0.05) is 24.3 Å². The fourth-order valence-electron chi connectivity index (χ4n) is 5.44. The molecule has 1 N–H and O–H groups in total. The highest BCUT2D eigenvalue weighted by atomic mass is 32.1. The summed E-state index contributed by atoms with van der Waals surface area (Å²) >= 11 is 1.82. The number of nitrogens with one attached hydrogen (secondary N) is 1. The summed E-state index contributed by atoms with van der Waals surface area (Å²) in [6.07, 6.45) is 3.41. The maximum Gasteiger partial charge on any atom is 0.325 e. The Morgan fingerprint density at radius 2 is 1.77 bits per heavy atom. The lowest BCUT2D eigenvalue weighted by Crippen LogP contribution is -2.54. The number of imide groups is 1. The summed E-state index contributed by atoms with van der Waals surface area (Å²) < 4.78 is 0. The van der Waals surface area contributed by atoms with Crippen molar-refractivity contribution in [2.45, 2.75) is 57.7 Å². The van der Waals surface area contributed by atoms with E-state index in [0.717, 1.165) is 45.3 Å². The predicted molar refractivity (Wildman–Crippen MR) is 118 cm³/mol. The van der Waals surface area contributed by atoms with Crippen LogP contribution in [0.5, 0.6) is 0 Å². The first-order chi connectivity index (χ1) is 14.5. The van der Waals surface area contributed by atoms with Crippen LogP contribution in [0.1, 0.15) is 41.3 Å². The van der Waals surface area contributed by atoms with Crippen molar-refractivity contribution in [3.05, 3.63) is 57.3 Å². The van der Waals surface area contributed by atoms with Crippen LogP contribution in [0.15, 0.2) is 35.7 Å². The van der Waals surface area contributed by atoms with Crippen molar-refractivity contribution in [3.8, 4) is 0 Å². The minimum atomic E-state index is -0.781. The lowest BCUT2D eigenvalue weighted by Gasteiger charge is -2.39. The average Bonchev–Trinajstić information content (AvgIpc) is 3.39. The van der Waals surface area contributed by atoms with Crippen LogP contribution in [-0.2, 0) is 24.2 Å². The monoisotopic (exact) mass is 423 g/mol. The van der Waals surface area contributed by atoms with E-state index in [1.54, 1.807) is 0 Å². The molecular weight excluding hydrogens is 394 g/mol. The maximum atomic E-state index is 13.5. The molecule has 2 fully saturated rings. The molecule has 6 heteroatoms. The third kappa shape index (κ3) is 3.26. The van der Waals surface area contributed by atoms with Crippen molar-refractivity contribution in [2.75, 3.05) is 13.1 Å². The van der Waals surface area contributed by atoms with Gasteiger partial charge in [0.15, 0.2) is 0 Å². The number of hydrogen-bond donors (Lipinski definition) is 1. The number of amides is 3. The second-order valence-corrected chi connectivity index (χ2v) is 10.2. The molecule has 2 aliphatic heterocycles. The number of carbonyl (C=O) groups is 2. The van der Waals surface area contributed by atoms with E-state index in [-0.39, 0.29) is 23.9 Å². The zero-order valence-electron chi connectivity index (χ0n) is 17.7. The molecule has 158 valence electrons. The fraction of sp³-hybridized carbons (Fsp3) is 0.500. The molecule has 2 aromatic rings. The van der Waals surface area contributed by atoms with Crippen molar-refractivity contribution in [2.24, 2.45) is 5.92 Å². The second-order valence-electron chi connectivity index (χ2n) is 9.22. The molecule has 1 aliphatic carbocycles. The van der Waals surface area contributed by atoms with Crippen molar-refractivity contribution < 1.29 is 9.59 Å². The third-order valence-corrected chi connectivity index (χ3v) is 8.39. The molecule has 3 amide bonds. The summed E-state index contributed by atoms with van der Waals surface area (Å²) in [5, 5.41) is 5.25. The van der Waals surface area contributed by atoms with Crippen molar-refractivity contribution >= 4 is 23.3 Å². The van der Waals surface area contributed by atoms with Crippen LogP contribution in [0.3, 0.4) is 0 Å². The molecule has 0 radical (unpaired) electrons. The van der Waals surface area contributed by atoms with E-state index in [1.807, 2.05) is 30.4 Å². The SMILES string of the molecule is Cc1ccsc1CN1CCC(C2(C)NC(=O)N(C3Cc4ccccc4C3)C2=O)CC1. The second kappa shape index (κ2) is 7.50. The van der Waals surface area contributed by atoms with Gasteiger partial charge in [-0.25, -0.2) is 4.79 Å². The minimum absolute atomic E-state index is 0.0298. The van der Waals surface area contributed by atoms with Crippen LogP contribution >= 0.6 is 11.3 Å². The molecular formula is C24H29N3O2S. The number of hydrogen-bond acceptors (Lipinski definition) is 4. The number of aryl methyl sites for hydroxylation is 1. The summed E-state index contributed by atoms with van der Waals surface area (Å²) in [4.78, 5) is 31.8. The molecule has 5 nitrogen and oxygen atoms in total. The summed E-state index contributed by atoms with van der Waals surface area (Å²) in [6.45, 7) is 7.03. The van der Waals surface area contributed by atoms with Crippen molar-refractivity contribution in [1.29, 1.82) is 0 Å². The Hall–Kier alpha value is -2.18. The number of fused-ring (bicyclic) bond motifs is 1. The highest BCUT2D eigenvalue weighted by Gasteiger charge is 2.55. The number of benzene rings is 1. The number of nitrogens with zero attached hydrogens (tertiary/aromatic N) is 2. The molecule has 1 atom stereocenters. The average molecular weight is 424 g/mol. The normalized spacial score (nSPS) is 25.7. The van der Waals surface area contributed by atoms with Crippen molar-refractivity contribution in [3.63, 3.8) is 0 Å². The van der Waals surface area contributed by atoms with E-state index in [0.29, 0.717) is 0 Å². The zero-order valence-corrected chi connectivity index (χ0v) is 18.5. The van der Waals surface area contributed by atoms with Gasteiger partial charge in [-0.15, -0.1) is 11.3 Å². The maximum absolute atomic E-state index is 13.5. The quantitative estimate of drug-likeness (QED) is 0.762. The Labute approximate surface area is 182 Å². The Bertz CT molecular complexity index is 953. The zero-order chi connectivity index (χ0) is 20.9. The number of rotatable bonds is 4. The molecule has 0 bridgehead atoms. The predicted octanol–water partition coefficient (Wildman–Crippen LogP) is 3.75. The molecule has 1 aromatic carbocycles. The highest BCUT2D eigenvalue weighted by Crippen LogP contribution is 2.37. The van der Waals surface area contributed by atoms with E-state index in [1.165, 1.54) is 26.5 Å². The van der Waals surface area contributed by atoms with E-state index in [4.69, 9.17) is 0 Å². The number of urea groups is 1. The van der Waals surface area contributed by atoms with Crippen LogP contribution < -0.4 is 5.32 Å². The van der Waals surface area contributed by atoms with Gasteiger partial charge in [0.1, 0.15) is 5.54 Å². The van der Waals surface area contributed by atoms with Crippen molar-refractivity contribution in [1.82, 2.24) is 15.1 Å². The minimum Gasteiger partial charge on any atom is -0.323 e. The number of thiophene rings is 1. The Kier molecular flexibility index (Phi) is 4.94. The van der Waals surface area contributed by atoms with E-state index < -0.39 is 5.54 Å². The third-order valence-electron chi connectivity index (χ3n) is 7.38. The van der Waals surface area contributed by atoms with Gasteiger partial charge in [0.2, 0.25) is 0 Å². The first-order valence-electron chi connectivity index (χ1n) is 10.9. The van der Waals surface area contributed by atoms with Gasteiger partial charge in [0, 0.05) is 17.5 Å². The molecule has 2 saturated heterocycles. The Balaban J connectivity index is 1.25. The highest BCUT2D eigenvalue weighted by molar-refractivity contribution is 7.10. The summed E-state index contributed by atoms with van der Waals surface area (Å²) in [6, 6.07) is 10.2. The number of likely N-dealkylation sites (tertiary alicyclic amines) is 1.